The summed E-state index contributed by atoms with van der Waals surface area (Å²) >= 11 is 0. The predicted octanol–water partition coefficient (Wildman–Crippen LogP) is 3.71. The average molecular weight is 248 g/mol. The van der Waals surface area contributed by atoms with E-state index in [1.54, 1.807) is 0 Å². The fourth-order valence-corrected chi connectivity index (χ4v) is 6.13. The number of esters is 1. The van der Waals surface area contributed by atoms with E-state index in [9.17, 15) is 4.79 Å². The van der Waals surface area contributed by atoms with Crippen molar-refractivity contribution in [3.05, 3.63) is 12.7 Å². The van der Waals surface area contributed by atoms with E-state index in [0.29, 0.717) is 17.4 Å². The van der Waals surface area contributed by atoms with E-state index < -0.39 is 0 Å². The van der Waals surface area contributed by atoms with Crippen LogP contribution in [-0.2, 0) is 9.53 Å². The van der Waals surface area contributed by atoms with Crippen molar-refractivity contribution in [1.82, 2.24) is 0 Å². The maximum atomic E-state index is 11.3. The van der Waals surface area contributed by atoms with E-state index >= 15 is 0 Å². The summed E-state index contributed by atoms with van der Waals surface area (Å²) in [5, 5.41) is 0. The lowest BCUT2D eigenvalue weighted by atomic mass is 9.40. The second-order valence-corrected chi connectivity index (χ2v) is 7.94. The van der Waals surface area contributed by atoms with Crippen molar-refractivity contribution in [2.24, 2.45) is 22.2 Å². The van der Waals surface area contributed by atoms with Gasteiger partial charge in [0.15, 0.2) is 0 Å². The van der Waals surface area contributed by atoms with E-state index in [1.165, 1.54) is 44.6 Å². The SMILES string of the molecule is C=CC(=O)OCC12CC3CC(C)(CC(C)(C3)C1)C2. The van der Waals surface area contributed by atoms with Crippen molar-refractivity contribution in [3.63, 3.8) is 0 Å². The van der Waals surface area contributed by atoms with Gasteiger partial charge in [0.2, 0.25) is 0 Å². The van der Waals surface area contributed by atoms with E-state index in [1.807, 2.05) is 0 Å². The fraction of sp³-hybridized carbons (Fsp3) is 0.812. The van der Waals surface area contributed by atoms with Gasteiger partial charge in [0.05, 0.1) is 6.61 Å². The monoisotopic (exact) mass is 248 g/mol. The second kappa shape index (κ2) is 3.61. The van der Waals surface area contributed by atoms with Crippen LogP contribution >= 0.6 is 0 Å². The summed E-state index contributed by atoms with van der Waals surface area (Å²) in [6.45, 7) is 8.98. The predicted molar refractivity (Wildman–Crippen MR) is 71.0 cm³/mol. The molecule has 0 saturated heterocycles. The third kappa shape index (κ3) is 1.90. The molecule has 4 bridgehead atoms. The number of hydrogen-bond acceptors (Lipinski definition) is 2. The minimum Gasteiger partial charge on any atom is -0.462 e. The summed E-state index contributed by atoms with van der Waals surface area (Å²) < 4.78 is 5.41. The zero-order chi connectivity index (χ0) is 13.0. The number of carbonyl (C=O) groups is 1. The number of ether oxygens (including phenoxy) is 1. The zero-order valence-electron chi connectivity index (χ0n) is 11.6. The Morgan fingerprint density at radius 3 is 2.33 bits per heavy atom. The molecular formula is C16H24O2. The highest BCUT2D eigenvalue weighted by molar-refractivity contribution is 5.81. The molecule has 0 N–H and O–H groups in total. The Morgan fingerprint density at radius 2 is 1.83 bits per heavy atom. The highest BCUT2D eigenvalue weighted by atomic mass is 16.5. The van der Waals surface area contributed by atoms with Gasteiger partial charge in [0.25, 0.3) is 0 Å². The lowest BCUT2D eigenvalue weighted by Gasteiger charge is -2.65. The molecule has 4 aliphatic carbocycles. The Hall–Kier alpha value is -0.790. The quantitative estimate of drug-likeness (QED) is 0.562. The molecule has 0 aromatic heterocycles. The molecule has 4 aliphatic rings. The molecule has 4 saturated carbocycles. The van der Waals surface area contributed by atoms with Crippen molar-refractivity contribution in [1.29, 1.82) is 0 Å². The van der Waals surface area contributed by atoms with Gasteiger partial charge in [0, 0.05) is 11.5 Å². The molecule has 2 heteroatoms. The minimum atomic E-state index is -0.263. The van der Waals surface area contributed by atoms with E-state index in [2.05, 4.69) is 20.4 Å². The third-order valence-electron chi connectivity index (χ3n) is 5.43. The van der Waals surface area contributed by atoms with Crippen LogP contribution in [0, 0.1) is 22.2 Å². The first-order chi connectivity index (χ1) is 8.36. The maximum absolute atomic E-state index is 11.3. The van der Waals surface area contributed by atoms with Crippen LogP contribution in [0.4, 0.5) is 0 Å². The first-order valence-corrected chi connectivity index (χ1v) is 7.15. The lowest BCUT2D eigenvalue weighted by Crippen LogP contribution is -2.56. The van der Waals surface area contributed by atoms with Gasteiger partial charge in [-0.1, -0.05) is 20.4 Å². The Kier molecular flexibility index (Phi) is 2.46. The first kappa shape index (κ1) is 12.3. The summed E-state index contributed by atoms with van der Waals surface area (Å²) in [4.78, 5) is 11.3. The summed E-state index contributed by atoms with van der Waals surface area (Å²) in [6, 6.07) is 0. The molecule has 0 aliphatic heterocycles. The van der Waals surface area contributed by atoms with Crippen LogP contribution in [0.1, 0.15) is 52.4 Å². The van der Waals surface area contributed by atoms with Gasteiger partial charge in [-0.3, -0.25) is 0 Å². The van der Waals surface area contributed by atoms with Gasteiger partial charge in [-0.05, 0) is 55.3 Å². The van der Waals surface area contributed by atoms with Gasteiger partial charge < -0.3 is 4.74 Å². The largest absolute Gasteiger partial charge is 0.462 e. The molecule has 4 fully saturated rings. The van der Waals surface area contributed by atoms with Crippen LogP contribution < -0.4 is 0 Å². The molecular weight excluding hydrogens is 224 g/mol. The van der Waals surface area contributed by atoms with E-state index in [0.717, 1.165) is 5.92 Å². The molecule has 2 unspecified atom stereocenters. The standard InChI is InChI=1S/C16H24O2/c1-4-13(17)18-11-16-7-12-5-14(2,9-16)8-15(3,6-12)10-16/h4,12H,1,5-11H2,2-3H3. The summed E-state index contributed by atoms with van der Waals surface area (Å²) in [7, 11) is 0. The van der Waals surface area contributed by atoms with Crippen molar-refractivity contribution < 1.29 is 9.53 Å². The molecule has 2 nitrogen and oxygen atoms in total. The Labute approximate surface area is 110 Å². The maximum Gasteiger partial charge on any atom is 0.330 e. The molecule has 0 aromatic rings. The molecule has 0 amide bonds. The second-order valence-electron chi connectivity index (χ2n) is 7.94. The fourth-order valence-electron chi connectivity index (χ4n) is 6.13. The minimum absolute atomic E-state index is 0.263. The smallest absolute Gasteiger partial charge is 0.330 e. The molecule has 4 rings (SSSR count). The highest BCUT2D eigenvalue weighted by Crippen LogP contribution is 2.69. The van der Waals surface area contributed by atoms with Gasteiger partial charge in [-0.25, -0.2) is 4.79 Å². The van der Waals surface area contributed by atoms with Crippen LogP contribution in [0.2, 0.25) is 0 Å². The molecule has 0 aromatic carbocycles. The molecule has 18 heavy (non-hydrogen) atoms. The van der Waals surface area contributed by atoms with Gasteiger partial charge >= 0.3 is 5.97 Å². The Bertz CT molecular complexity index is 380. The molecule has 2 atom stereocenters. The number of carbonyl (C=O) groups excluding carboxylic acids is 1. The van der Waals surface area contributed by atoms with Crippen LogP contribution in [0.25, 0.3) is 0 Å². The van der Waals surface area contributed by atoms with Crippen molar-refractivity contribution in [3.8, 4) is 0 Å². The van der Waals surface area contributed by atoms with E-state index in [4.69, 9.17) is 4.74 Å². The van der Waals surface area contributed by atoms with Gasteiger partial charge in [-0.2, -0.15) is 0 Å². The van der Waals surface area contributed by atoms with Gasteiger partial charge in [0.1, 0.15) is 0 Å². The average Bonchev–Trinajstić information content (AvgIpc) is 2.21. The lowest BCUT2D eigenvalue weighted by molar-refractivity contribution is -0.175. The Balaban J connectivity index is 1.80. The van der Waals surface area contributed by atoms with Crippen LogP contribution in [0.15, 0.2) is 12.7 Å². The normalized spacial score (nSPS) is 49.1. The molecule has 0 radical (unpaired) electrons. The highest BCUT2D eigenvalue weighted by Gasteiger charge is 2.60. The topological polar surface area (TPSA) is 26.3 Å². The van der Waals surface area contributed by atoms with Crippen molar-refractivity contribution >= 4 is 5.97 Å². The van der Waals surface area contributed by atoms with Crippen molar-refractivity contribution in [2.45, 2.75) is 52.4 Å². The van der Waals surface area contributed by atoms with Crippen molar-refractivity contribution in [2.75, 3.05) is 6.61 Å². The zero-order valence-corrected chi connectivity index (χ0v) is 11.6. The van der Waals surface area contributed by atoms with Gasteiger partial charge in [-0.15, -0.1) is 0 Å². The molecule has 100 valence electrons. The van der Waals surface area contributed by atoms with Crippen LogP contribution in [-0.4, -0.2) is 12.6 Å². The summed E-state index contributed by atoms with van der Waals surface area (Å²) in [5.74, 6) is 0.597. The van der Waals surface area contributed by atoms with Crippen LogP contribution in [0.3, 0.4) is 0 Å². The third-order valence-corrected chi connectivity index (χ3v) is 5.43. The van der Waals surface area contributed by atoms with Crippen LogP contribution in [0.5, 0.6) is 0 Å². The molecule has 0 spiro atoms. The Morgan fingerprint density at radius 1 is 1.22 bits per heavy atom. The number of hydrogen-bond donors (Lipinski definition) is 0. The number of rotatable bonds is 3. The van der Waals surface area contributed by atoms with E-state index in [-0.39, 0.29) is 11.4 Å². The summed E-state index contributed by atoms with van der Waals surface area (Å²) in [5.41, 5.74) is 1.26. The first-order valence-electron chi connectivity index (χ1n) is 7.15. The summed E-state index contributed by atoms with van der Waals surface area (Å²) in [6.07, 6.45) is 9.19. The molecule has 0 heterocycles.